The number of hydrogen-bond acceptors (Lipinski definition) is 6. The number of rotatable bonds is 5. The molecule has 0 aromatic carbocycles. The highest BCUT2D eigenvalue weighted by molar-refractivity contribution is 8.00. The van der Waals surface area contributed by atoms with Gasteiger partial charge in [0.05, 0.1) is 29.0 Å². The Morgan fingerprint density at radius 3 is 2.73 bits per heavy atom. The van der Waals surface area contributed by atoms with Crippen LogP contribution in [0, 0.1) is 0 Å². The Hall–Kier alpha value is -2.14. The lowest BCUT2D eigenvalue weighted by atomic mass is 10.3. The lowest BCUT2D eigenvalue weighted by molar-refractivity contribution is -0.0329. The molecule has 11 heteroatoms. The molecule has 1 unspecified atom stereocenters. The van der Waals surface area contributed by atoms with E-state index in [-0.39, 0.29) is 22.4 Å². The number of thioether (sulfide) groups is 1. The molecule has 0 saturated carbocycles. The number of hydrogen-bond donors (Lipinski definition) is 0. The van der Waals surface area contributed by atoms with Crippen LogP contribution in [-0.4, -0.2) is 41.9 Å². The molecule has 0 amide bonds. The molecule has 0 spiro atoms. The second kappa shape index (κ2) is 7.23. The van der Waals surface area contributed by atoms with Crippen molar-refractivity contribution < 1.29 is 22.1 Å². The highest BCUT2D eigenvalue weighted by Gasteiger charge is 2.30. The van der Waals surface area contributed by atoms with Gasteiger partial charge in [-0.2, -0.15) is 13.2 Å². The van der Waals surface area contributed by atoms with Crippen LogP contribution in [0.3, 0.4) is 0 Å². The van der Waals surface area contributed by atoms with Gasteiger partial charge in [-0.1, -0.05) is 6.92 Å². The lowest BCUT2D eigenvalue weighted by Crippen LogP contribution is -2.00. The molecule has 3 heterocycles. The molecule has 0 aliphatic carbocycles. The Morgan fingerprint density at radius 2 is 2.08 bits per heavy atom. The highest BCUT2D eigenvalue weighted by Crippen LogP contribution is 2.36. The number of halogens is 3. The maximum absolute atomic E-state index is 12.5. The van der Waals surface area contributed by atoms with Crippen LogP contribution >= 0.6 is 11.8 Å². The number of pyridine rings is 1. The zero-order chi connectivity index (χ0) is 18.9. The number of alkyl halides is 3. The molecular formula is C15H13F3N4O2S2. The quantitative estimate of drug-likeness (QED) is 0.480. The van der Waals surface area contributed by atoms with Gasteiger partial charge in [0.25, 0.3) is 0 Å². The normalized spacial score (nSPS) is 13.1. The van der Waals surface area contributed by atoms with Crippen LogP contribution in [0.15, 0.2) is 40.8 Å². The third-order valence-electron chi connectivity index (χ3n) is 3.36. The summed E-state index contributed by atoms with van der Waals surface area (Å²) < 4.78 is 56.5. The van der Waals surface area contributed by atoms with Gasteiger partial charge in [-0.15, -0.1) is 0 Å². The minimum Gasteiger partial charge on any atom is -0.495 e. The minimum atomic E-state index is -4.43. The molecule has 0 saturated heterocycles. The van der Waals surface area contributed by atoms with Crippen molar-refractivity contribution in [2.24, 2.45) is 0 Å². The van der Waals surface area contributed by atoms with Crippen LogP contribution in [0.2, 0.25) is 0 Å². The summed E-state index contributed by atoms with van der Waals surface area (Å²) in [5.74, 6) is 0.836. The molecule has 26 heavy (non-hydrogen) atoms. The first-order valence-electron chi connectivity index (χ1n) is 7.34. The summed E-state index contributed by atoms with van der Waals surface area (Å²) in [7, 11) is 0.164. The summed E-state index contributed by atoms with van der Waals surface area (Å²) >= 11 is -0.308. The van der Waals surface area contributed by atoms with Crippen molar-refractivity contribution in [3.8, 4) is 17.1 Å². The van der Waals surface area contributed by atoms with Gasteiger partial charge in [-0.3, -0.25) is 8.61 Å². The Labute approximate surface area is 153 Å². The summed E-state index contributed by atoms with van der Waals surface area (Å²) in [5, 5.41) is -0.206. The Bertz CT molecular complexity index is 975. The predicted octanol–water partition coefficient (Wildman–Crippen LogP) is 3.54. The molecule has 0 aliphatic rings. The summed E-state index contributed by atoms with van der Waals surface area (Å²) in [6.45, 7) is 1.77. The maximum Gasteiger partial charge on any atom is 0.447 e. The molecule has 0 aliphatic heterocycles. The average molecular weight is 402 g/mol. The predicted molar refractivity (Wildman–Crippen MR) is 91.6 cm³/mol. The minimum absolute atomic E-state index is 0.206. The molecule has 0 fully saturated rings. The van der Waals surface area contributed by atoms with Crippen molar-refractivity contribution in [3.05, 3.63) is 30.9 Å². The van der Waals surface area contributed by atoms with E-state index >= 15 is 0 Å². The van der Waals surface area contributed by atoms with E-state index in [0.29, 0.717) is 27.8 Å². The van der Waals surface area contributed by atoms with Crippen LogP contribution in [-0.2, 0) is 10.8 Å². The fourth-order valence-electron chi connectivity index (χ4n) is 2.22. The number of fused-ring (bicyclic) bond motifs is 1. The van der Waals surface area contributed by atoms with E-state index in [2.05, 4.69) is 15.0 Å². The Morgan fingerprint density at radius 1 is 1.31 bits per heavy atom. The van der Waals surface area contributed by atoms with E-state index < -0.39 is 16.3 Å². The molecule has 1 atom stereocenters. The molecule has 0 bridgehead atoms. The van der Waals surface area contributed by atoms with E-state index in [4.69, 9.17) is 4.74 Å². The fraction of sp³-hybridized carbons (Fsp3) is 0.267. The molecule has 3 rings (SSSR count). The number of imidazole rings is 1. The number of methoxy groups -OCH3 is 1. The molecule has 0 radical (unpaired) electrons. The lowest BCUT2D eigenvalue weighted by Gasteiger charge is -2.07. The van der Waals surface area contributed by atoms with Crippen molar-refractivity contribution in [1.29, 1.82) is 0 Å². The third-order valence-corrected chi connectivity index (χ3v) is 5.35. The Kier molecular flexibility index (Phi) is 5.19. The monoisotopic (exact) mass is 402 g/mol. The second-order valence-corrected chi connectivity index (χ2v) is 7.82. The highest BCUT2D eigenvalue weighted by atomic mass is 32.2. The van der Waals surface area contributed by atoms with Crippen molar-refractivity contribution in [3.63, 3.8) is 0 Å². The smallest absolute Gasteiger partial charge is 0.447 e. The van der Waals surface area contributed by atoms with Crippen molar-refractivity contribution in [2.75, 3.05) is 12.9 Å². The summed E-state index contributed by atoms with van der Waals surface area (Å²) in [5.41, 5.74) is -3.36. The average Bonchev–Trinajstić information content (AvgIpc) is 3.02. The first kappa shape index (κ1) is 18.6. The van der Waals surface area contributed by atoms with Crippen molar-refractivity contribution in [1.82, 2.24) is 19.4 Å². The Balaban J connectivity index is 2.07. The standard InChI is InChI=1S/C15H13F3N4O2S2/c1-3-26(23)11-4-9(24-2)6-19-14(11)10-7-22-8-20-13(5-12(22)21-10)25-15(16,17)18/h4-8H,3H2,1-2H3. The molecule has 3 aromatic heterocycles. The number of nitrogens with zero attached hydrogens (tertiary/aromatic N) is 4. The van der Waals surface area contributed by atoms with Crippen molar-refractivity contribution in [2.45, 2.75) is 22.4 Å². The summed E-state index contributed by atoms with van der Waals surface area (Å²) in [6.07, 6.45) is 4.30. The van der Waals surface area contributed by atoms with Gasteiger partial charge >= 0.3 is 5.51 Å². The topological polar surface area (TPSA) is 69.4 Å². The van der Waals surface area contributed by atoms with Gasteiger partial charge < -0.3 is 4.74 Å². The van der Waals surface area contributed by atoms with Gasteiger partial charge in [0, 0.05) is 35.8 Å². The van der Waals surface area contributed by atoms with E-state index in [1.807, 2.05) is 0 Å². The molecule has 3 aromatic rings. The molecular weight excluding hydrogens is 389 g/mol. The van der Waals surface area contributed by atoms with Gasteiger partial charge in [0.15, 0.2) is 0 Å². The first-order valence-corrected chi connectivity index (χ1v) is 9.47. The van der Waals surface area contributed by atoms with Gasteiger partial charge in [0.2, 0.25) is 0 Å². The number of aromatic nitrogens is 4. The van der Waals surface area contributed by atoms with Crippen LogP contribution in [0.25, 0.3) is 17.0 Å². The summed E-state index contributed by atoms with van der Waals surface area (Å²) in [4.78, 5) is 12.8. The zero-order valence-electron chi connectivity index (χ0n) is 13.6. The van der Waals surface area contributed by atoms with Crippen molar-refractivity contribution >= 4 is 28.2 Å². The molecule has 6 nitrogen and oxygen atoms in total. The summed E-state index contributed by atoms with van der Waals surface area (Å²) in [6, 6.07) is 2.86. The first-order chi connectivity index (χ1) is 12.3. The fourth-order valence-corrected chi connectivity index (χ4v) is 3.65. The van der Waals surface area contributed by atoms with E-state index in [0.717, 1.165) is 0 Å². The van der Waals surface area contributed by atoms with Crippen LogP contribution < -0.4 is 4.74 Å². The maximum atomic E-state index is 12.5. The second-order valence-electron chi connectivity index (χ2n) is 5.02. The van der Waals surface area contributed by atoms with Crippen LogP contribution in [0.1, 0.15) is 6.92 Å². The molecule has 0 N–H and O–H groups in total. The number of ether oxygens (including phenoxy) is 1. The van der Waals surface area contributed by atoms with E-state index in [1.54, 1.807) is 19.2 Å². The SMILES string of the molecule is CCS(=O)c1cc(OC)cnc1-c1cn2cnc(SC(F)(F)F)cc2n1. The third kappa shape index (κ3) is 3.98. The van der Waals surface area contributed by atoms with Gasteiger partial charge in [0.1, 0.15) is 34.1 Å². The van der Waals surface area contributed by atoms with Crippen LogP contribution in [0.5, 0.6) is 5.75 Å². The van der Waals surface area contributed by atoms with E-state index in [1.165, 1.54) is 30.1 Å². The van der Waals surface area contributed by atoms with E-state index in [9.17, 15) is 17.4 Å². The largest absolute Gasteiger partial charge is 0.495 e. The zero-order valence-corrected chi connectivity index (χ0v) is 15.3. The molecule has 138 valence electrons. The van der Waals surface area contributed by atoms with Gasteiger partial charge in [-0.05, 0) is 0 Å². The van der Waals surface area contributed by atoms with Crippen LogP contribution in [0.4, 0.5) is 13.2 Å². The van der Waals surface area contributed by atoms with Gasteiger partial charge in [-0.25, -0.2) is 15.0 Å².